The van der Waals surface area contributed by atoms with Crippen LogP contribution in [0.25, 0.3) is 0 Å². The third-order valence-electron chi connectivity index (χ3n) is 5.46. The summed E-state index contributed by atoms with van der Waals surface area (Å²) in [6.07, 6.45) is 0.948. The minimum Gasteiger partial charge on any atom is -0.481 e. The van der Waals surface area contributed by atoms with Crippen LogP contribution in [0.5, 0.6) is 0 Å². The number of rotatable bonds is 6. The Bertz CT molecular complexity index is 916. The van der Waals surface area contributed by atoms with Crippen LogP contribution in [0.15, 0.2) is 24.3 Å². The summed E-state index contributed by atoms with van der Waals surface area (Å²) in [5.74, 6) is -3.13. The first-order chi connectivity index (χ1) is 12.4. The molecule has 1 amide bonds. The van der Waals surface area contributed by atoms with Gasteiger partial charge in [-0.2, -0.15) is 0 Å². The highest BCUT2D eigenvalue weighted by Gasteiger charge is 2.81. The Labute approximate surface area is 156 Å². The molecule has 0 bridgehead atoms. The van der Waals surface area contributed by atoms with Gasteiger partial charge in [0.2, 0.25) is 15.9 Å². The summed E-state index contributed by atoms with van der Waals surface area (Å²) in [4.78, 5) is 37.0. The van der Waals surface area contributed by atoms with E-state index in [0.717, 1.165) is 21.0 Å². The van der Waals surface area contributed by atoms with E-state index in [0.29, 0.717) is 5.69 Å². The van der Waals surface area contributed by atoms with Gasteiger partial charge in [0.15, 0.2) is 0 Å². The highest BCUT2D eigenvalue weighted by molar-refractivity contribution is 7.92. The molecule has 1 saturated carbocycles. The van der Waals surface area contributed by atoms with Crippen LogP contribution >= 0.6 is 0 Å². The third kappa shape index (κ3) is 2.93. The van der Waals surface area contributed by atoms with Gasteiger partial charge in [-0.15, -0.1) is 0 Å². The number of carboxylic acids is 2. The van der Waals surface area contributed by atoms with Crippen LogP contribution in [-0.4, -0.2) is 67.3 Å². The van der Waals surface area contributed by atoms with Gasteiger partial charge in [-0.05, 0) is 31.0 Å². The molecule has 1 aliphatic carbocycles. The second kappa shape index (κ2) is 5.95. The van der Waals surface area contributed by atoms with Crippen molar-refractivity contribution in [3.05, 3.63) is 29.8 Å². The molecule has 3 rings (SSSR count). The summed E-state index contributed by atoms with van der Waals surface area (Å²) in [6.45, 7) is 0.790. The molecular formula is C17H20N2O7S. The average molecular weight is 396 g/mol. The van der Waals surface area contributed by atoms with Gasteiger partial charge in [0.1, 0.15) is 17.4 Å². The Morgan fingerprint density at radius 1 is 1.15 bits per heavy atom. The summed E-state index contributed by atoms with van der Waals surface area (Å²) in [7, 11) is -3.77. The van der Waals surface area contributed by atoms with E-state index in [2.05, 4.69) is 0 Å². The maximum absolute atomic E-state index is 12.7. The Morgan fingerprint density at radius 3 is 2.15 bits per heavy atom. The van der Waals surface area contributed by atoms with Gasteiger partial charge in [-0.1, -0.05) is 12.1 Å². The molecule has 27 heavy (non-hydrogen) atoms. The van der Waals surface area contributed by atoms with Crippen molar-refractivity contribution in [2.75, 3.05) is 30.2 Å². The SMILES string of the molecule is Cc1cccc(N(CC(=O)N2C[C@@]3(C(=O)O)C[C@@]3(C(=O)O)C2)S(C)(=O)=O)c1. The van der Waals surface area contributed by atoms with Gasteiger partial charge >= 0.3 is 11.9 Å². The fourth-order valence-electron chi connectivity index (χ4n) is 3.87. The minimum atomic E-state index is -3.77. The molecule has 0 radical (unpaired) electrons. The summed E-state index contributed by atoms with van der Waals surface area (Å²) in [6, 6.07) is 6.62. The number of piperidine rings is 1. The van der Waals surface area contributed by atoms with Crippen molar-refractivity contribution in [3.63, 3.8) is 0 Å². The molecule has 0 unspecified atom stereocenters. The smallest absolute Gasteiger partial charge is 0.312 e. The Kier molecular flexibility index (Phi) is 4.22. The van der Waals surface area contributed by atoms with Crippen molar-refractivity contribution < 1.29 is 33.0 Å². The zero-order chi connectivity index (χ0) is 20.2. The van der Waals surface area contributed by atoms with Gasteiger partial charge in [0.25, 0.3) is 0 Å². The van der Waals surface area contributed by atoms with Crippen LogP contribution in [0.1, 0.15) is 12.0 Å². The van der Waals surface area contributed by atoms with E-state index in [1.54, 1.807) is 31.2 Å². The number of amides is 1. The Hall–Kier alpha value is -2.62. The van der Waals surface area contributed by atoms with Gasteiger partial charge < -0.3 is 15.1 Å². The average Bonchev–Trinajstić information content (AvgIpc) is 3.09. The van der Waals surface area contributed by atoms with Crippen molar-refractivity contribution in [2.24, 2.45) is 10.8 Å². The molecule has 10 heteroatoms. The van der Waals surface area contributed by atoms with E-state index in [4.69, 9.17) is 0 Å². The standard InChI is InChI=1S/C17H20N2O7S/c1-11-4-3-5-12(6-11)19(27(2,25)26)7-13(20)18-9-16(14(21)22)8-17(16,10-18)15(23)24/h3-6H,7-10H2,1-2H3,(H,21,22)(H,23,24)/t16-,17+. The molecule has 9 nitrogen and oxygen atoms in total. The van der Waals surface area contributed by atoms with Crippen LogP contribution in [0.3, 0.4) is 0 Å². The number of benzene rings is 1. The molecule has 2 fully saturated rings. The molecule has 0 aromatic heterocycles. The number of likely N-dealkylation sites (tertiary alicyclic amines) is 1. The van der Waals surface area contributed by atoms with Crippen molar-refractivity contribution in [1.82, 2.24) is 4.90 Å². The summed E-state index contributed by atoms with van der Waals surface area (Å²) >= 11 is 0. The van der Waals surface area contributed by atoms with Crippen LogP contribution in [0.4, 0.5) is 5.69 Å². The molecule has 1 aromatic carbocycles. The lowest BCUT2D eigenvalue weighted by Gasteiger charge is -2.26. The first kappa shape index (κ1) is 19.2. The second-order valence-electron chi connectivity index (χ2n) is 7.31. The minimum absolute atomic E-state index is 0.0257. The number of aliphatic carboxylic acids is 2. The number of hydrogen-bond donors (Lipinski definition) is 2. The van der Waals surface area contributed by atoms with Gasteiger partial charge in [0, 0.05) is 13.1 Å². The maximum atomic E-state index is 12.7. The quantitative estimate of drug-likeness (QED) is 0.699. The highest BCUT2D eigenvalue weighted by Crippen LogP contribution is 2.68. The number of carboxylic acid groups (broad SMARTS) is 2. The Morgan fingerprint density at radius 2 is 1.70 bits per heavy atom. The Balaban J connectivity index is 1.84. The van der Waals surface area contributed by atoms with Gasteiger partial charge in [0.05, 0.1) is 11.9 Å². The van der Waals surface area contributed by atoms with E-state index in [1.165, 1.54) is 0 Å². The molecule has 2 aliphatic rings. The molecule has 1 saturated heterocycles. The fraction of sp³-hybridized carbons (Fsp3) is 0.471. The second-order valence-corrected chi connectivity index (χ2v) is 9.22. The lowest BCUT2D eigenvalue weighted by Crippen LogP contribution is -2.43. The normalized spacial score (nSPS) is 26.4. The number of hydrogen-bond acceptors (Lipinski definition) is 5. The molecule has 146 valence electrons. The molecule has 1 aliphatic heterocycles. The van der Waals surface area contributed by atoms with E-state index in [9.17, 15) is 33.0 Å². The lowest BCUT2D eigenvalue weighted by molar-refractivity contribution is -0.151. The molecule has 0 spiro atoms. The summed E-state index contributed by atoms with van der Waals surface area (Å²) in [5.41, 5.74) is -1.86. The third-order valence-corrected chi connectivity index (χ3v) is 6.60. The molecule has 1 heterocycles. The van der Waals surface area contributed by atoms with Crippen molar-refractivity contribution in [3.8, 4) is 0 Å². The number of carbonyl (C=O) groups excluding carboxylic acids is 1. The van der Waals surface area contributed by atoms with Crippen LogP contribution in [0.2, 0.25) is 0 Å². The first-order valence-corrected chi connectivity index (χ1v) is 10.1. The van der Waals surface area contributed by atoms with Crippen LogP contribution in [0, 0.1) is 17.8 Å². The monoisotopic (exact) mass is 396 g/mol. The predicted molar refractivity (Wildman–Crippen MR) is 94.7 cm³/mol. The van der Waals surface area contributed by atoms with E-state index in [1.807, 2.05) is 0 Å². The van der Waals surface area contributed by atoms with Gasteiger partial charge in [-0.3, -0.25) is 18.7 Å². The number of anilines is 1. The summed E-state index contributed by atoms with van der Waals surface area (Å²) in [5, 5.41) is 18.9. The molecular weight excluding hydrogens is 376 g/mol. The van der Waals surface area contributed by atoms with Crippen molar-refractivity contribution >= 4 is 33.6 Å². The first-order valence-electron chi connectivity index (χ1n) is 8.22. The van der Waals surface area contributed by atoms with Crippen LogP contribution in [-0.2, 0) is 24.4 Å². The van der Waals surface area contributed by atoms with E-state index in [-0.39, 0.29) is 19.5 Å². The number of nitrogens with zero attached hydrogens (tertiary/aromatic N) is 2. The van der Waals surface area contributed by atoms with E-state index < -0.39 is 45.2 Å². The highest BCUT2D eigenvalue weighted by atomic mass is 32.2. The number of aryl methyl sites for hydroxylation is 1. The molecule has 1 aromatic rings. The molecule has 2 atom stereocenters. The molecule has 2 N–H and O–H groups in total. The number of sulfonamides is 1. The lowest BCUT2D eigenvalue weighted by atomic mass is 9.97. The largest absolute Gasteiger partial charge is 0.481 e. The maximum Gasteiger partial charge on any atom is 0.312 e. The van der Waals surface area contributed by atoms with Gasteiger partial charge in [-0.25, -0.2) is 8.42 Å². The number of carbonyl (C=O) groups is 3. The topological polar surface area (TPSA) is 132 Å². The predicted octanol–water partition coefficient (Wildman–Crippen LogP) is 0.149. The zero-order valence-electron chi connectivity index (χ0n) is 14.9. The van der Waals surface area contributed by atoms with Crippen LogP contribution < -0.4 is 4.31 Å². The van der Waals surface area contributed by atoms with Crippen molar-refractivity contribution in [1.29, 1.82) is 0 Å². The fourth-order valence-corrected chi connectivity index (χ4v) is 4.71. The number of fused-ring (bicyclic) bond motifs is 1. The van der Waals surface area contributed by atoms with Crippen molar-refractivity contribution in [2.45, 2.75) is 13.3 Å². The zero-order valence-corrected chi connectivity index (χ0v) is 15.7. The summed E-state index contributed by atoms with van der Waals surface area (Å²) < 4.78 is 25.3. The van der Waals surface area contributed by atoms with E-state index >= 15 is 0 Å².